The van der Waals surface area contributed by atoms with Gasteiger partial charge in [0.2, 0.25) is 5.96 Å². The van der Waals surface area contributed by atoms with E-state index in [1.807, 2.05) is 20.9 Å². The number of benzene rings is 2. The van der Waals surface area contributed by atoms with E-state index >= 15 is 0 Å². The van der Waals surface area contributed by atoms with Crippen molar-refractivity contribution in [3.8, 4) is 0 Å². The second-order valence-corrected chi connectivity index (χ2v) is 7.38. The molecule has 0 aliphatic rings. The fourth-order valence-corrected chi connectivity index (χ4v) is 3.27. The van der Waals surface area contributed by atoms with Crippen LogP contribution in [0.5, 0.6) is 0 Å². The zero-order valence-electron chi connectivity index (χ0n) is 17.3. The molecule has 0 saturated heterocycles. The van der Waals surface area contributed by atoms with Gasteiger partial charge in [0.1, 0.15) is 11.6 Å². The first-order valence-corrected chi connectivity index (χ1v) is 9.95. The Balaban J connectivity index is 1.81. The molecule has 2 N–H and O–H groups in total. The van der Waals surface area contributed by atoms with Crippen LogP contribution >= 0.6 is 11.6 Å². The molecule has 0 aliphatic carbocycles. The van der Waals surface area contributed by atoms with Crippen LogP contribution in [-0.4, -0.2) is 28.2 Å². The van der Waals surface area contributed by atoms with E-state index in [9.17, 15) is 13.6 Å². The zero-order chi connectivity index (χ0) is 22.5. The van der Waals surface area contributed by atoms with Gasteiger partial charge in [0, 0.05) is 30.5 Å². The number of hydrogen-bond donors (Lipinski definition) is 2. The van der Waals surface area contributed by atoms with Crippen molar-refractivity contribution in [3.63, 3.8) is 0 Å². The third-order valence-corrected chi connectivity index (χ3v) is 5.08. The first-order valence-electron chi connectivity index (χ1n) is 9.57. The maximum absolute atomic E-state index is 13.5. The molecule has 2 aromatic carbocycles. The standard InChI is InChI=1S/C22H22ClF2N5O/c1-13-18(14(2)30(3)29-13)9-10-26-22(27-17-7-8-20(25)19(23)12-17)28-21(31)15-5-4-6-16(24)11-15/h4-8,11-12H,9-10H2,1-3H3,(H2,26,27,28,31). The van der Waals surface area contributed by atoms with Crippen LogP contribution < -0.4 is 10.6 Å². The maximum Gasteiger partial charge on any atom is 0.258 e. The van der Waals surface area contributed by atoms with Gasteiger partial charge in [0.25, 0.3) is 5.91 Å². The van der Waals surface area contributed by atoms with E-state index in [4.69, 9.17) is 11.6 Å². The minimum absolute atomic E-state index is 0.0672. The number of carbonyl (C=O) groups is 1. The van der Waals surface area contributed by atoms with Gasteiger partial charge in [0.15, 0.2) is 0 Å². The molecule has 0 spiro atoms. The molecule has 1 aromatic heterocycles. The fraction of sp³-hybridized carbons (Fsp3) is 0.227. The Hall–Kier alpha value is -3.26. The molecule has 1 amide bonds. The fourth-order valence-electron chi connectivity index (χ4n) is 3.09. The van der Waals surface area contributed by atoms with Crippen LogP contribution in [0.4, 0.5) is 14.5 Å². The predicted molar refractivity (Wildman–Crippen MR) is 118 cm³/mol. The Bertz CT molecular complexity index is 1140. The normalized spacial score (nSPS) is 11.5. The first-order chi connectivity index (χ1) is 14.7. The number of rotatable bonds is 5. The van der Waals surface area contributed by atoms with Gasteiger partial charge in [-0.3, -0.25) is 19.8 Å². The Kier molecular flexibility index (Phi) is 7.02. The van der Waals surface area contributed by atoms with Crippen molar-refractivity contribution in [1.82, 2.24) is 15.1 Å². The zero-order valence-corrected chi connectivity index (χ0v) is 18.1. The van der Waals surface area contributed by atoms with Gasteiger partial charge in [-0.1, -0.05) is 17.7 Å². The lowest BCUT2D eigenvalue weighted by Crippen LogP contribution is -2.36. The van der Waals surface area contributed by atoms with E-state index in [2.05, 4.69) is 20.7 Å². The van der Waals surface area contributed by atoms with Crippen LogP contribution in [0.15, 0.2) is 47.5 Å². The van der Waals surface area contributed by atoms with Gasteiger partial charge in [-0.05, 0) is 62.2 Å². The summed E-state index contributed by atoms with van der Waals surface area (Å²) in [5, 5.41) is 9.90. The molecule has 0 fully saturated rings. The summed E-state index contributed by atoms with van der Waals surface area (Å²) in [4.78, 5) is 17.0. The molecule has 3 rings (SSSR count). The number of aromatic nitrogens is 2. The van der Waals surface area contributed by atoms with Crippen molar-refractivity contribution >= 4 is 29.2 Å². The third-order valence-electron chi connectivity index (χ3n) is 4.79. The molecule has 0 radical (unpaired) electrons. The molecule has 162 valence electrons. The lowest BCUT2D eigenvalue weighted by molar-refractivity contribution is 0.0976. The highest BCUT2D eigenvalue weighted by molar-refractivity contribution is 6.31. The van der Waals surface area contributed by atoms with Crippen LogP contribution in [-0.2, 0) is 13.5 Å². The number of aryl methyl sites for hydroxylation is 2. The SMILES string of the molecule is Cc1nn(C)c(C)c1CCN=C(NC(=O)c1cccc(F)c1)Nc1ccc(F)c(Cl)c1. The van der Waals surface area contributed by atoms with E-state index in [0.29, 0.717) is 18.7 Å². The van der Waals surface area contributed by atoms with Gasteiger partial charge in [-0.2, -0.15) is 5.10 Å². The number of halogens is 3. The molecular weight excluding hydrogens is 424 g/mol. The third kappa shape index (κ3) is 5.67. The molecule has 0 aliphatic heterocycles. The quantitative estimate of drug-likeness (QED) is 0.451. The van der Waals surface area contributed by atoms with Crippen LogP contribution in [0.25, 0.3) is 0 Å². The molecule has 0 saturated carbocycles. The summed E-state index contributed by atoms with van der Waals surface area (Å²) in [6.07, 6.45) is 0.608. The maximum atomic E-state index is 13.5. The Labute approximate surface area is 183 Å². The number of amides is 1. The summed E-state index contributed by atoms with van der Waals surface area (Å²) >= 11 is 5.84. The Morgan fingerprint density at radius 3 is 2.61 bits per heavy atom. The molecule has 0 bridgehead atoms. The van der Waals surface area contributed by atoms with Gasteiger partial charge in [-0.15, -0.1) is 0 Å². The molecular formula is C22H22ClF2N5O. The topological polar surface area (TPSA) is 71.3 Å². The number of anilines is 1. The highest BCUT2D eigenvalue weighted by atomic mass is 35.5. The summed E-state index contributed by atoms with van der Waals surface area (Å²) in [6, 6.07) is 9.39. The molecule has 0 atom stereocenters. The van der Waals surface area contributed by atoms with Crippen LogP contribution in [0.1, 0.15) is 27.3 Å². The minimum Gasteiger partial charge on any atom is -0.326 e. The van der Waals surface area contributed by atoms with E-state index in [1.165, 1.54) is 36.4 Å². The number of aliphatic imine (C=N–C) groups is 1. The average molecular weight is 446 g/mol. The number of nitrogens with zero attached hydrogens (tertiary/aromatic N) is 3. The second kappa shape index (κ2) is 9.70. The van der Waals surface area contributed by atoms with Crippen molar-refractivity contribution in [1.29, 1.82) is 0 Å². The summed E-state index contributed by atoms with van der Waals surface area (Å²) in [5.74, 6) is -1.48. The lowest BCUT2D eigenvalue weighted by Gasteiger charge is -2.12. The summed E-state index contributed by atoms with van der Waals surface area (Å²) in [5.41, 5.74) is 3.62. The number of nitrogens with one attached hydrogen (secondary N) is 2. The number of carbonyl (C=O) groups excluding carboxylic acids is 1. The minimum atomic E-state index is -0.558. The van der Waals surface area contributed by atoms with Gasteiger partial charge < -0.3 is 5.32 Å². The molecule has 3 aromatic rings. The van der Waals surface area contributed by atoms with Crippen molar-refractivity contribution in [3.05, 3.63) is 81.6 Å². The van der Waals surface area contributed by atoms with Crippen molar-refractivity contribution in [2.75, 3.05) is 11.9 Å². The predicted octanol–water partition coefficient (Wildman–Crippen LogP) is 4.41. The Morgan fingerprint density at radius 1 is 1.19 bits per heavy atom. The van der Waals surface area contributed by atoms with E-state index in [-0.39, 0.29) is 16.5 Å². The largest absolute Gasteiger partial charge is 0.326 e. The van der Waals surface area contributed by atoms with E-state index < -0.39 is 17.5 Å². The van der Waals surface area contributed by atoms with Crippen LogP contribution in [0.3, 0.4) is 0 Å². The number of hydrogen-bond acceptors (Lipinski definition) is 3. The van der Waals surface area contributed by atoms with Gasteiger partial charge in [-0.25, -0.2) is 8.78 Å². The smallest absolute Gasteiger partial charge is 0.258 e. The van der Waals surface area contributed by atoms with E-state index in [1.54, 1.807) is 4.68 Å². The first kappa shape index (κ1) is 22.4. The van der Waals surface area contributed by atoms with Crippen molar-refractivity contribution < 1.29 is 13.6 Å². The summed E-state index contributed by atoms with van der Waals surface area (Å²) in [6.45, 7) is 4.26. The van der Waals surface area contributed by atoms with Crippen molar-refractivity contribution in [2.24, 2.45) is 12.0 Å². The molecule has 0 unspecified atom stereocenters. The summed E-state index contributed by atoms with van der Waals surface area (Å²) < 4.78 is 28.8. The number of guanidine groups is 1. The van der Waals surface area contributed by atoms with Crippen LogP contribution in [0.2, 0.25) is 5.02 Å². The highest BCUT2D eigenvalue weighted by Crippen LogP contribution is 2.19. The molecule has 31 heavy (non-hydrogen) atoms. The summed E-state index contributed by atoms with van der Waals surface area (Å²) in [7, 11) is 1.87. The Morgan fingerprint density at radius 2 is 1.97 bits per heavy atom. The average Bonchev–Trinajstić information content (AvgIpc) is 2.96. The molecule has 9 heteroatoms. The van der Waals surface area contributed by atoms with Crippen molar-refractivity contribution in [2.45, 2.75) is 20.3 Å². The van der Waals surface area contributed by atoms with E-state index in [0.717, 1.165) is 23.0 Å². The van der Waals surface area contributed by atoms with Gasteiger partial charge >= 0.3 is 0 Å². The second-order valence-electron chi connectivity index (χ2n) is 6.97. The molecule has 1 heterocycles. The van der Waals surface area contributed by atoms with Gasteiger partial charge in [0.05, 0.1) is 10.7 Å². The monoisotopic (exact) mass is 445 g/mol. The molecule has 6 nitrogen and oxygen atoms in total. The lowest BCUT2D eigenvalue weighted by atomic mass is 10.1. The van der Waals surface area contributed by atoms with Crippen LogP contribution in [0, 0.1) is 25.5 Å². The highest BCUT2D eigenvalue weighted by Gasteiger charge is 2.12.